The van der Waals surface area contributed by atoms with Crippen molar-refractivity contribution in [2.24, 2.45) is 7.05 Å². The van der Waals surface area contributed by atoms with Crippen molar-refractivity contribution in [3.8, 4) is 0 Å². The maximum Gasteiger partial charge on any atom is 0.117 e. The Bertz CT molecular complexity index is 254. The fourth-order valence-electron chi connectivity index (χ4n) is 0.961. The van der Waals surface area contributed by atoms with Gasteiger partial charge in [-0.05, 0) is 12.7 Å². The Kier molecular flexibility index (Phi) is 2.44. The molecule has 0 aromatic carbocycles. The van der Waals surface area contributed by atoms with E-state index < -0.39 is 0 Å². The van der Waals surface area contributed by atoms with Crippen molar-refractivity contribution in [2.45, 2.75) is 18.9 Å². The van der Waals surface area contributed by atoms with Crippen LogP contribution in [0.15, 0.2) is 5.03 Å². The highest BCUT2D eigenvalue weighted by molar-refractivity contribution is 7.99. The predicted molar refractivity (Wildman–Crippen MR) is 48.8 cm³/mol. The van der Waals surface area contributed by atoms with E-state index in [9.17, 15) is 0 Å². The number of hydrogen-bond acceptors (Lipinski definition) is 3. The highest BCUT2D eigenvalue weighted by Crippen LogP contribution is 2.26. The van der Waals surface area contributed by atoms with E-state index in [-0.39, 0.29) is 0 Å². The number of rotatable bonds is 2. The van der Waals surface area contributed by atoms with Crippen molar-refractivity contribution in [1.82, 2.24) is 9.78 Å². The Labute approximate surface area is 71.0 Å². The lowest BCUT2D eigenvalue weighted by Crippen LogP contribution is -1.93. The van der Waals surface area contributed by atoms with Crippen LogP contribution in [0.4, 0.5) is 5.69 Å². The second-order valence-electron chi connectivity index (χ2n) is 2.36. The van der Waals surface area contributed by atoms with Gasteiger partial charge < -0.3 is 5.73 Å². The smallest absolute Gasteiger partial charge is 0.117 e. The summed E-state index contributed by atoms with van der Waals surface area (Å²) in [6.07, 6.45) is 0. The molecule has 0 aliphatic heterocycles. The summed E-state index contributed by atoms with van der Waals surface area (Å²) in [6, 6.07) is 0. The average Bonchev–Trinajstić information content (AvgIpc) is 2.17. The first-order valence-corrected chi connectivity index (χ1v) is 4.57. The van der Waals surface area contributed by atoms with Crippen molar-refractivity contribution < 1.29 is 0 Å². The molecule has 4 heteroatoms. The summed E-state index contributed by atoms with van der Waals surface area (Å²) in [5.41, 5.74) is 7.52. The maximum absolute atomic E-state index is 5.79. The number of anilines is 1. The van der Waals surface area contributed by atoms with E-state index in [0.717, 1.165) is 22.2 Å². The predicted octanol–water partition coefficient (Wildman–Crippen LogP) is 1.42. The largest absolute Gasteiger partial charge is 0.395 e. The summed E-state index contributed by atoms with van der Waals surface area (Å²) in [6.45, 7) is 4.03. The van der Waals surface area contributed by atoms with Crippen LogP contribution in [0.5, 0.6) is 0 Å². The molecule has 62 valence electrons. The highest BCUT2D eigenvalue weighted by atomic mass is 32.2. The van der Waals surface area contributed by atoms with Crippen LogP contribution in [-0.2, 0) is 7.05 Å². The summed E-state index contributed by atoms with van der Waals surface area (Å²) >= 11 is 1.72. The quantitative estimate of drug-likeness (QED) is 0.684. The highest BCUT2D eigenvalue weighted by Gasteiger charge is 2.08. The van der Waals surface area contributed by atoms with Gasteiger partial charge >= 0.3 is 0 Å². The first kappa shape index (κ1) is 8.46. The molecule has 2 N–H and O–H groups in total. The molecule has 0 atom stereocenters. The van der Waals surface area contributed by atoms with Gasteiger partial charge in [-0.15, -0.1) is 11.8 Å². The monoisotopic (exact) mass is 171 g/mol. The minimum absolute atomic E-state index is 0.819. The zero-order valence-corrected chi connectivity index (χ0v) is 7.90. The normalized spacial score (nSPS) is 10.5. The molecule has 3 nitrogen and oxygen atoms in total. The first-order chi connectivity index (χ1) is 5.16. The minimum atomic E-state index is 0.819. The molecule has 0 bridgehead atoms. The lowest BCUT2D eigenvalue weighted by molar-refractivity contribution is 0.693. The van der Waals surface area contributed by atoms with Gasteiger partial charge in [0.05, 0.1) is 11.4 Å². The maximum atomic E-state index is 5.79. The molecule has 0 saturated carbocycles. The summed E-state index contributed by atoms with van der Waals surface area (Å²) in [5, 5.41) is 5.27. The van der Waals surface area contributed by atoms with Crippen molar-refractivity contribution in [3.63, 3.8) is 0 Å². The second kappa shape index (κ2) is 3.17. The second-order valence-corrected chi connectivity index (χ2v) is 3.61. The molecule has 0 amide bonds. The van der Waals surface area contributed by atoms with Crippen molar-refractivity contribution in [2.75, 3.05) is 11.5 Å². The Morgan fingerprint density at radius 1 is 1.64 bits per heavy atom. The molecule has 1 aromatic heterocycles. The number of nitrogen functional groups attached to an aromatic ring is 1. The van der Waals surface area contributed by atoms with Crippen LogP contribution in [0.2, 0.25) is 0 Å². The molecule has 0 saturated heterocycles. The molecule has 0 unspecified atom stereocenters. The van der Waals surface area contributed by atoms with Gasteiger partial charge in [-0.3, -0.25) is 4.68 Å². The zero-order chi connectivity index (χ0) is 8.43. The van der Waals surface area contributed by atoms with E-state index in [1.165, 1.54) is 0 Å². The standard InChI is InChI=1S/C7H13N3S/c1-4-11-7-6(8)5(2)9-10(7)3/h4,8H2,1-3H3. The molecule has 0 aliphatic carbocycles. The molecule has 0 spiro atoms. The van der Waals surface area contributed by atoms with Gasteiger partial charge in [0, 0.05) is 7.05 Å². The third-order valence-corrected chi connectivity index (χ3v) is 2.54. The SMILES string of the molecule is CCSc1c(N)c(C)nn1C. The van der Waals surface area contributed by atoms with Gasteiger partial charge in [0.25, 0.3) is 0 Å². The molecular formula is C7H13N3S. The summed E-state index contributed by atoms with van der Waals surface area (Å²) < 4.78 is 1.83. The Morgan fingerprint density at radius 2 is 2.27 bits per heavy atom. The molecule has 11 heavy (non-hydrogen) atoms. The lowest BCUT2D eigenvalue weighted by atomic mass is 10.4. The van der Waals surface area contributed by atoms with Gasteiger partial charge in [0.1, 0.15) is 5.03 Å². The van der Waals surface area contributed by atoms with Crippen LogP contribution >= 0.6 is 11.8 Å². The van der Waals surface area contributed by atoms with E-state index in [4.69, 9.17) is 5.73 Å². The number of nitrogens with two attached hydrogens (primary N) is 1. The van der Waals surface area contributed by atoms with E-state index in [1.807, 2.05) is 18.7 Å². The van der Waals surface area contributed by atoms with Crippen molar-refractivity contribution >= 4 is 17.4 Å². The molecule has 1 rings (SSSR count). The van der Waals surface area contributed by atoms with Gasteiger partial charge in [-0.1, -0.05) is 6.92 Å². The van der Waals surface area contributed by atoms with Gasteiger partial charge in [0.15, 0.2) is 0 Å². The summed E-state index contributed by atoms with van der Waals surface area (Å²) in [5.74, 6) is 1.03. The zero-order valence-electron chi connectivity index (χ0n) is 7.09. The third-order valence-electron chi connectivity index (χ3n) is 1.50. The molecule has 0 aliphatic rings. The fourth-order valence-corrected chi connectivity index (χ4v) is 1.77. The third kappa shape index (κ3) is 1.50. The Morgan fingerprint density at radius 3 is 2.64 bits per heavy atom. The van der Waals surface area contributed by atoms with Crippen LogP contribution in [-0.4, -0.2) is 15.5 Å². The van der Waals surface area contributed by atoms with Crippen LogP contribution in [0, 0.1) is 6.92 Å². The van der Waals surface area contributed by atoms with E-state index in [1.54, 1.807) is 11.8 Å². The Balaban J connectivity index is 3.02. The number of nitrogens with zero attached hydrogens (tertiary/aromatic N) is 2. The fraction of sp³-hybridized carbons (Fsp3) is 0.571. The number of thioether (sulfide) groups is 1. The summed E-state index contributed by atoms with van der Waals surface area (Å²) in [7, 11) is 1.92. The number of hydrogen-bond donors (Lipinski definition) is 1. The molecule has 0 radical (unpaired) electrons. The van der Waals surface area contributed by atoms with Gasteiger partial charge in [-0.25, -0.2) is 0 Å². The van der Waals surface area contributed by atoms with Crippen molar-refractivity contribution in [1.29, 1.82) is 0 Å². The van der Waals surface area contributed by atoms with Gasteiger partial charge in [-0.2, -0.15) is 5.10 Å². The molecule has 1 aromatic rings. The van der Waals surface area contributed by atoms with Crippen LogP contribution < -0.4 is 5.73 Å². The number of aromatic nitrogens is 2. The first-order valence-electron chi connectivity index (χ1n) is 3.58. The molecule has 1 heterocycles. The van der Waals surface area contributed by atoms with E-state index >= 15 is 0 Å². The lowest BCUT2D eigenvalue weighted by Gasteiger charge is -1.98. The van der Waals surface area contributed by atoms with Crippen LogP contribution in [0.3, 0.4) is 0 Å². The van der Waals surface area contributed by atoms with E-state index in [2.05, 4.69) is 12.0 Å². The minimum Gasteiger partial charge on any atom is -0.395 e. The van der Waals surface area contributed by atoms with E-state index in [0.29, 0.717) is 0 Å². The average molecular weight is 171 g/mol. The topological polar surface area (TPSA) is 43.8 Å². The molecular weight excluding hydrogens is 158 g/mol. The van der Waals surface area contributed by atoms with Gasteiger partial charge in [0.2, 0.25) is 0 Å². The summed E-state index contributed by atoms with van der Waals surface area (Å²) in [4.78, 5) is 0. The van der Waals surface area contributed by atoms with Crippen molar-refractivity contribution in [3.05, 3.63) is 5.69 Å². The number of aryl methyl sites for hydroxylation is 2. The Hall–Kier alpha value is -0.640. The van der Waals surface area contributed by atoms with Crippen LogP contribution in [0.1, 0.15) is 12.6 Å². The van der Waals surface area contributed by atoms with Crippen LogP contribution in [0.25, 0.3) is 0 Å². The molecule has 0 fully saturated rings.